The van der Waals surface area contributed by atoms with Crippen LogP contribution in [-0.4, -0.2) is 22.6 Å². The van der Waals surface area contributed by atoms with Crippen LogP contribution in [0.1, 0.15) is 35.9 Å². The number of hydrogen-bond donors (Lipinski definition) is 1. The van der Waals surface area contributed by atoms with E-state index in [0.717, 1.165) is 29.1 Å². The maximum atomic E-state index is 12.5. The molecule has 0 bridgehead atoms. The molecule has 0 saturated carbocycles. The first-order valence-electron chi connectivity index (χ1n) is 7.40. The predicted octanol–water partition coefficient (Wildman–Crippen LogP) is 3.32. The number of aromatic amines is 1. The van der Waals surface area contributed by atoms with Crippen molar-refractivity contribution in [2.75, 3.05) is 11.4 Å². The number of nitrogens with one attached hydrogen (secondary N) is 1. The Bertz CT molecular complexity index is 611. The number of carbonyl (C=O) groups excluding carboxylic acids is 1. The van der Waals surface area contributed by atoms with Crippen LogP contribution < -0.4 is 4.90 Å². The van der Waals surface area contributed by atoms with Crippen LogP contribution in [0, 0.1) is 20.8 Å². The van der Waals surface area contributed by atoms with Crippen LogP contribution in [0.5, 0.6) is 0 Å². The normalized spacial score (nSPS) is 10.7. The Morgan fingerprint density at radius 2 is 2.05 bits per heavy atom. The van der Waals surface area contributed by atoms with Crippen LogP contribution in [0.3, 0.4) is 0 Å². The lowest BCUT2D eigenvalue weighted by Crippen LogP contribution is -2.30. The largest absolute Gasteiger partial charge is 0.313 e. The molecule has 1 amide bonds. The molecular formula is C17H23N3O. The van der Waals surface area contributed by atoms with Crippen LogP contribution >= 0.6 is 0 Å². The molecule has 0 unspecified atom stereocenters. The Morgan fingerprint density at radius 1 is 1.29 bits per heavy atom. The molecule has 1 aromatic heterocycles. The van der Waals surface area contributed by atoms with E-state index in [9.17, 15) is 4.79 Å². The Hall–Kier alpha value is -2.10. The molecular weight excluding hydrogens is 262 g/mol. The predicted molar refractivity (Wildman–Crippen MR) is 85.6 cm³/mol. The summed E-state index contributed by atoms with van der Waals surface area (Å²) >= 11 is 0. The van der Waals surface area contributed by atoms with Gasteiger partial charge in [-0.3, -0.25) is 9.89 Å². The van der Waals surface area contributed by atoms with Gasteiger partial charge in [0.15, 0.2) is 0 Å². The van der Waals surface area contributed by atoms with E-state index in [1.165, 1.54) is 5.56 Å². The number of anilines is 1. The zero-order valence-electron chi connectivity index (χ0n) is 13.2. The van der Waals surface area contributed by atoms with Crippen LogP contribution in [0.25, 0.3) is 0 Å². The molecule has 0 radical (unpaired) electrons. The van der Waals surface area contributed by atoms with Crippen LogP contribution in [0.2, 0.25) is 0 Å². The minimum atomic E-state index is 0.156. The highest BCUT2D eigenvalue weighted by Gasteiger charge is 2.15. The number of benzene rings is 1. The summed E-state index contributed by atoms with van der Waals surface area (Å²) in [6.45, 7) is 8.71. The third-order valence-corrected chi connectivity index (χ3v) is 3.80. The number of rotatable bonds is 5. The zero-order valence-corrected chi connectivity index (χ0v) is 13.2. The van der Waals surface area contributed by atoms with Crippen molar-refractivity contribution in [3.8, 4) is 0 Å². The number of nitrogens with zero attached hydrogens (tertiary/aromatic N) is 2. The van der Waals surface area contributed by atoms with Gasteiger partial charge in [-0.25, -0.2) is 0 Å². The fourth-order valence-electron chi connectivity index (χ4n) is 2.61. The fraction of sp³-hybridized carbons (Fsp3) is 0.412. The van der Waals surface area contributed by atoms with E-state index in [2.05, 4.69) is 16.3 Å². The second-order valence-electron chi connectivity index (χ2n) is 5.39. The summed E-state index contributed by atoms with van der Waals surface area (Å²) in [5.74, 6) is 0.156. The van der Waals surface area contributed by atoms with Gasteiger partial charge in [0.1, 0.15) is 0 Å². The molecule has 0 aliphatic rings. The van der Waals surface area contributed by atoms with Gasteiger partial charge < -0.3 is 4.90 Å². The van der Waals surface area contributed by atoms with Gasteiger partial charge >= 0.3 is 0 Å². The zero-order chi connectivity index (χ0) is 15.4. The van der Waals surface area contributed by atoms with Crippen molar-refractivity contribution in [2.24, 2.45) is 0 Å². The Balaban J connectivity index is 2.07. The minimum absolute atomic E-state index is 0.156. The summed E-state index contributed by atoms with van der Waals surface area (Å²) in [6, 6.07) is 8.07. The quantitative estimate of drug-likeness (QED) is 0.916. The van der Waals surface area contributed by atoms with E-state index in [1.54, 1.807) is 0 Å². The lowest BCUT2D eigenvalue weighted by molar-refractivity contribution is -0.118. The van der Waals surface area contributed by atoms with Crippen molar-refractivity contribution in [3.63, 3.8) is 0 Å². The molecule has 0 spiro atoms. The highest BCUT2D eigenvalue weighted by atomic mass is 16.2. The number of aryl methyl sites for hydroxylation is 3. The standard InChI is InChI=1S/C17H23N3O/c1-5-20(15-8-6-7-12(2)11-15)17(21)10-9-16-13(3)18-19-14(16)4/h6-8,11H,5,9-10H2,1-4H3,(H,18,19). The Labute approximate surface area is 126 Å². The van der Waals surface area contributed by atoms with E-state index < -0.39 is 0 Å². The first kappa shape index (κ1) is 15.3. The maximum absolute atomic E-state index is 12.5. The first-order valence-corrected chi connectivity index (χ1v) is 7.40. The summed E-state index contributed by atoms with van der Waals surface area (Å²) in [5, 5.41) is 7.15. The van der Waals surface area contributed by atoms with Crippen LogP contribution in [-0.2, 0) is 11.2 Å². The molecule has 1 N–H and O–H groups in total. The smallest absolute Gasteiger partial charge is 0.227 e. The molecule has 4 heteroatoms. The second kappa shape index (κ2) is 6.57. The lowest BCUT2D eigenvalue weighted by atomic mass is 10.1. The van der Waals surface area contributed by atoms with E-state index >= 15 is 0 Å². The summed E-state index contributed by atoms with van der Waals surface area (Å²) in [7, 11) is 0. The lowest BCUT2D eigenvalue weighted by Gasteiger charge is -2.21. The van der Waals surface area contributed by atoms with Gasteiger partial charge in [0.2, 0.25) is 5.91 Å². The molecule has 4 nitrogen and oxygen atoms in total. The van der Waals surface area contributed by atoms with Gasteiger partial charge in [0.25, 0.3) is 0 Å². The SMILES string of the molecule is CCN(C(=O)CCc1c(C)n[nH]c1C)c1cccc(C)c1. The summed E-state index contributed by atoms with van der Waals surface area (Å²) in [5.41, 5.74) is 5.34. The van der Waals surface area contributed by atoms with Crippen molar-refractivity contribution in [3.05, 3.63) is 46.8 Å². The highest BCUT2D eigenvalue weighted by Crippen LogP contribution is 2.18. The molecule has 2 aromatic rings. The number of H-pyrrole nitrogens is 1. The molecule has 112 valence electrons. The van der Waals surface area contributed by atoms with Gasteiger partial charge in [0.05, 0.1) is 5.69 Å². The molecule has 0 aliphatic carbocycles. The third-order valence-electron chi connectivity index (χ3n) is 3.80. The Kier molecular flexibility index (Phi) is 4.78. The highest BCUT2D eigenvalue weighted by molar-refractivity contribution is 5.93. The number of carbonyl (C=O) groups is 1. The molecule has 0 fully saturated rings. The first-order chi connectivity index (χ1) is 10.0. The van der Waals surface area contributed by atoms with Gasteiger partial charge in [-0.15, -0.1) is 0 Å². The number of amides is 1. The van der Waals surface area contributed by atoms with E-state index in [1.807, 2.05) is 50.8 Å². The Morgan fingerprint density at radius 3 is 2.62 bits per heavy atom. The van der Waals surface area contributed by atoms with Gasteiger partial charge in [-0.05, 0) is 57.4 Å². The van der Waals surface area contributed by atoms with E-state index in [0.29, 0.717) is 13.0 Å². The van der Waals surface area contributed by atoms with Gasteiger partial charge in [0, 0.05) is 24.3 Å². The number of aromatic nitrogens is 2. The van der Waals surface area contributed by atoms with Crippen molar-refractivity contribution in [1.29, 1.82) is 0 Å². The van der Waals surface area contributed by atoms with Gasteiger partial charge in [-0.2, -0.15) is 5.10 Å². The van der Waals surface area contributed by atoms with E-state index in [4.69, 9.17) is 0 Å². The van der Waals surface area contributed by atoms with Gasteiger partial charge in [-0.1, -0.05) is 12.1 Å². The van der Waals surface area contributed by atoms with Crippen molar-refractivity contribution in [1.82, 2.24) is 10.2 Å². The summed E-state index contributed by atoms with van der Waals surface area (Å²) in [6.07, 6.45) is 1.23. The summed E-state index contributed by atoms with van der Waals surface area (Å²) in [4.78, 5) is 14.3. The molecule has 1 aromatic carbocycles. The molecule has 1 heterocycles. The van der Waals surface area contributed by atoms with E-state index in [-0.39, 0.29) is 5.91 Å². The van der Waals surface area contributed by atoms with Crippen molar-refractivity contribution < 1.29 is 4.79 Å². The molecule has 0 saturated heterocycles. The average Bonchev–Trinajstić information content (AvgIpc) is 2.77. The topological polar surface area (TPSA) is 49.0 Å². The van der Waals surface area contributed by atoms with Crippen molar-refractivity contribution >= 4 is 11.6 Å². The maximum Gasteiger partial charge on any atom is 0.227 e. The summed E-state index contributed by atoms with van der Waals surface area (Å²) < 4.78 is 0. The fourth-order valence-corrected chi connectivity index (χ4v) is 2.61. The minimum Gasteiger partial charge on any atom is -0.313 e. The molecule has 0 atom stereocenters. The average molecular weight is 285 g/mol. The van der Waals surface area contributed by atoms with Crippen molar-refractivity contribution in [2.45, 2.75) is 40.5 Å². The monoisotopic (exact) mass is 285 g/mol. The second-order valence-corrected chi connectivity index (χ2v) is 5.39. The third kappa shape index (κ3) is 3.51. The van der Waals surface area contributed by atoms with Crippen LogP contribution in [0.15, 0.2) is 24.3 Å². The molecule has 2 rings (SSSR count). The molecule has 21 heavy (non-hydrogen) atoms. The number of hydrogen-bond acceptors (Lipinski definition) is 2. The van der Waals surface area contributed by atoms with Crippen LogP contribution in [0.4, 0.5) is 5.69 Å². The molecule has 0 aliphatic heterocycles.